The zero-order valence-electron chi connectivity index (χ0n) is 42.6. The Kier molecular flexibility index (Phi) is 15.8. The first-order chi connectivity index (χ1) is 36.9. The lowest BCUT2D eigenvalue weighted by molar-refractivity contribution is -0.136. The molecule has 0 saturated carbocycles. The Labute approximate surface area is 444 Å². The highest BCUT2D eigenvalue weighted by atomic mass is 32.1. The minimum absolute atomic E-state index is 0.0187. The number of halogens is 1. The van der Waals surface area contributed by atoms with E-state index in [0.717, 1.165) is 107 Å². The number of piperidine rings is 1. The molecule has 3 N–H and O–H groups in total. The molecule has 6 heterocycles. The minimum atomic E-state index is -1.12. The third kappa shape index (κ3) is 11.2. The molecule has 4 aromatic carbocycles. The van der Waals surface area contributed by atoms with Crippen LogP contribution in [0.25, 0.3) is 21.3 Å². The van der Waals surface area contributed by atoms with Crippen LogP contribution in [0.3, 0.4) is 0 Å². The van der Waals surface area contributed by atoms with Crippen LogP contribution in [0.1, 0.15) is 129 Å². The molecule has 0 bridgehead atoms. The molecule has 4 aliphatic heterocycles. The average Bonchev–Trinajstić information content (AvgIpc) is 3.96. The molecule has 0 spiro atoms. The molecule has 0 aliphatic carbocycles. The van der Waals surface area contributed by atoms with Crippen molar-refractivity contribution in [2.24, 2.45) is 0 Å². The average molecular weight is 1050 g/mol. The van der Waals surface area contributed by atoms with Crippen LogP contribution in [-0.4, -0.2) is 112 Å². The molecule has 5 amide bonds. The molecular weight excluding hydrogens is 988 g/mol. The van der Waals surface area contributed by atoms with Crippen molar-refractivity contribution >= 4 is 73.7 Å². The second-order valence-corrected chi connectivity index (χ2v) is 21.0. The number of hydrogen-bond acceptors (Lipinski definition) is 13. The second kappa shape index (κ2) is 23.1. The Bertz CT molecular complexity index is 3190. The number of fused-ring (bicyclic) bond motifs is 3. The first-order valence-electron chi connectivity index (χ1n) is 26.4. The van der Waals surface area contributed by atoms with Crippen molar-refractivity contribution in [3.63, 3.8) is 0 Å². The number of anilines is 3. The number of carboxylic acid groups (broad SMARTS) is 1. The molecule has 394 valence electrons. The Morgan fingerprint density at radius 2 is 1.49 bits per heavy atom. The van der Waals surface area contributed by atoms with Gasteiger partial charge in [-0.25, -0.2) is 19.2 Å². The lowest BCUT2D eigenvalue weighted by Gasteiger charge is -2.36. The number of unbranched alkanes of at least 4 members (excludes halogenated alkanes) is 8. The number of nitrogens with one attached hydrogen (secondary N) is 2. The number of ether oxygens (including phenoxy) is 1. The molecule has 16 nitrogen and oxygen atoms in total. The molecule has 1 atom stereocenters. The van der Waals surface area contributed by atoms with Gasteiger partial charge in [0.1, 0.15) is 23.4 Å². The van der Waals surface area contributed by atoms with Crippen molar-refractivity contribution in [1.29, 1.82) is 0 Å². The normalized spacial score (nSPS) is 16.8. The molecule has 76 heavy (non-hydrogen) atoms. The third-order valence-corrected chi connectivity index (χ3v) is 16.1. The number of nitrogens with zero attached hydrogens (tertiary/aromatic N) is 6. The van der Waals surface area contributed by atoms with Crippen molar-refractivity contribution in [1.82, 2.24) is 25.1 Å². The predicted molar refractivity (Wildman–Crippen MR) is 289 cm³/mol. The maximum Gasteiger partial charge on any atom is 0.355 e. The number of carbonyl (C=O) groups excluding carboxylic acids is 5. The van der Waals surface area contributed by atoms with E-state index in [1.807, 2.05) is 89.5 Å². The van der Waals surface area contributed by atoms with Gasteiger partial charge in [-0.15, -0.1) is 0 Å². The topological polar surface area (TPSA) is 195 Å². The van der Waals surface area contributed by atoms with Gasteiger partial charge in [-0.2, -0.15) is 0 Å². The zero-order valence-corrected chi connectivity index (χ0v) is 43.4. The van der Waals surface area contributed by atoms with Crippen LogP contribution in [0.4, 0.5) is 21.0 Å². The number of carbonyl (C=O) groups is 6. The molecule has 10 rings (SSSR count). The van der Waals surface area contributed by atoms with Crippen molar-refractivity contribution in [2.75, 3.05) is 61.0 Å². The summed E-state index contributed by atoms with van der Waals surface area (Å²) in [5.74, 6) is -3.20. The van der Waals surface area contributed by atoms with E-state index in [9.17, 15) is 33.9 Å². The Hall–Kier alpha value is -7.57. The molecule has 4 aliphatic rings. The van der Waals surface area contributed by atoms with Gasteiger partial charge in [0.2, 0.25) is 11.8 Å². The van der Waals surface area contributed by atoms with E-state index in [1.165, 1.54) is 36.7 Å². The van der Waals surface area contributed by atoms with Crippen LogP contribution in [0.5, 0.6) is 5.75 Å². The second-order valence-electron chi connectivity index (χ2n) is 20.0. The number of hydrogen-bond donors (Lipinski definition) is 3. The highest BCUT2D eigenvalue weighted by molar-refractivity contribution is 7.22. The Morgan fingerprint density at radius 3 is 2.24 bits per heavy atom. The fourth-order valence-electron chi connectivity index (χ4n) is 10.9. The van der Waals surface area contributed by atoms with E-state index in [4.69, 9.17) is 9.72 Å². The van der Waals surface area contributed by atoms with Crippen LogP contribution >= 0.6 is 11.3 Å². The molecule has 2 saturated heterocycles. The summed E-state index contributed by atoms with van der Waals surface area (Å²) >= 11 is 1.43. The highest BCUT2D eigenvalue weighted by Crippen LogP contribution is 2.36. The van der Waals surface area contributed by atoms with Crippen LogP contribution in [0, 0.1) is 12.7 Å². The number of imide groups is 2. The molecular formula is C58H61FN8O8S. The van der Waals surface area contributed by atoms with Gasteiger partial charge in [-0.3, -0.25) is 44.4 Å². The fraction of sp³-hybridized carbons (Fsp3) is 0.379. The Balaban J connectivity index is 0.624. The van der Waals surface area contributed by atoms with Gasteiger partial charge in [-0.1, -0.05) is 92.7 Å². The number of rotatable bonds is 20. The van der Waals surface area contributed by atoms with Crippen LogP contribution in [0.15, 0.2) is 84.9 Å². The summed E-state index contributed by atoms with van der Waals surface area (Å²) in [7, 11) is 0. The van der Waals surface area contributed by atoms with Crippen LogP contribution in [0.2, 0.25) is 0 Å². The molecule has 6 aromatic rings. The van der Waals surface area contributed by atoms with Crippen LogP contribution in [-0.2, 0) is 22.6 Å². The summed E-state index contributed by atoms with van der Waals surface area (Å²) < 4.78 is 22.6. The third-order valence-electron chi connectivity index (χ3n) is 15.1. The predicted octanol–water partition coefficient (Wildman–Crippen LogP) is 9.43. The van der Waals surface area contributed by atoms with Crippen molar-refractivity contribution in [3.05, 3.63) is 130 Å². The quantitative estimate of drug-likeness (QED) is 0.0484. The van der Waals surface area contributed by atoms with Gasteiger partial charge in [0.05, 0.1) is 33.6 Å². The number of para-hydroxylation sites is 1. The molecule has 18 heteroatoms. The number of amides is 5. The smallest absolute Gasteiger partial charge is 0.355 e. The standard InChI is InChI=1S/C58H61FN8O8S/c1-36-38(39-21-23-50(61-52(39)57(73)74)66-27-25-37-15-13-17-40(43(37)35-66)53(69)63-58-60-45-18-9-10-20-49(45)76-58)16-14-19-48(36)75-32-12-8-6-4-2-3-5-7-11-26-64-28-30-65(31-29-64)47-34-42-41(33-44(47)59)55(71)67(56(42)72)46-22-24-51(68)62-54(46)70/h9-10,13-21,23,33-34,46H,2-8,11-12,22,24-32,35H2,1H3,(H,73,74)(H,60,63,69)(H,62,68,70). The SMILES string of the molecule is Cc1c(OCCCCCCCCCCCN2CCN(c3cc4c(cc3F)C(=O)N(C3CCC(=O)NC3=O)C4=O)CC2)cccc1-c1ccc(N2CCc3cccc(C(=O)Nc4nc5ccccc5s4)c3C2)nc1C(=O)O. The van der Waals surface area contributed by atoms with Gasteiger partial charge >= 0.3 is 5.97 Å². The molecule has 2 fully saturated rings. The van der Waals surface area contributed by atoms with Gasteiger partial charge in [-0.05, 0) is 110 Å². The summed E-state index contributed by atoms with van der Waals surface area (Å²) in [6.45, 7) is 7.19. The lowest BCUT2D eigenvalue weighted by Crippen LogP contribution is -2.54. The number of pyridine rings is 1. The van der Waals surface area contributed by atoms with Crippen molar-refractivity contribution in [3.8, 4) is 16.9 Å². The fourth-order valence-corrected chi connectivity index (χ4v) is 11.8. The number of benzene rings is 4. The van der Waals surface area contributed by atoms with E-state index in [1.54, 1.807) is 0 Å². The van der Waals surface area contributed by atoms with E-state index in [2.05, 4.69) is 20.5 Å². The summed E-state index contributed by atoms with van der Waals surface area (Å²) in [5, 5.41) is 16.1. The van der Waals surface area contributed by atoms with E-state index >= 15 is 4.39 Å². The van der Waals surface area contributed by atoms with Crippen molar-refractivity contribution in [2.45, 2.75) is 96.6 Å². The highest BCUT2D eigenvalue weighted by Gasteiger charge is 2.45. The molecule has 1 unspecified atom stereocenters. The number of thiazole rings is 1. The zero-order chi connectivity index (χ0) is 52.9. The summed E-state index contributed by atoms with van der Waals surface area (Å²) in [6.07, 6.45) is 10.8. The number of carboxylic acids is 1. The van der Waals surface area contributed by atoms with E-state index in [0.29, 0.717) is 61.3 Å². The summed E-state index contributed by atoms with van der Waals surface area (Å²) in [5.41, 5.74) is 5.71. The van der Waals surface area contributed by atoms with Gasteiger partial charge < -0.3 is 19.6 Å². The number of aromatic nitrogens is 2. The maximum absolute atomic E-state index is 15.4. The van der Waals surface area contributed by atoms with Gasteiger partial charge in [0.25, 0.3) is 17.7 Å². The molecule has 2 aromatic heterocycles. The lowest BCUT2D eigenvalue weighted by atomic mass is 9.94. The Morgan fingerprint density at radius 1 is 0.763 bits per heavy atom. The van der Waals surface area contributed by atoms with Gasteiger partial charge in [0.15, 0.2) is 10.8 Å². The first kappa shape index (κ1) is 51.9. The van der Waals surface area contributed by atoms with Crippen molar-refractivity contribution < 1.29 is 43.0 Å². The number of piperazine rings is 1. The first-order valence-corrected chi connectivity index (χ1v) is 27.3. The number of aromatic carboxylic acids is 1. The van der Waals surface area contributed by atoms with Crippen LogP contribution < -0.4 is 25.2 Å². The molecule has 0 radical (unpaired) electrons. The van der Waals surface area contributed by atoms with E-state index < -0.39 is 41.5 Å². The van der Waals surface area contributed by atoms with E-state index in [-0.39, 0.29) is 41.3 Å². The minimum Gasteiger partial charge on any atom is -0.493 e. The maximum atomic E-state index is 15.4. The summed E-state index contributed by atoms with van der Waals surface area (Å²) in [6, 6.07) is 24.3. The largest absolute Gasteiger partial charge is 0.493 e. The van der Waals surface area contributed by atoms with Gasteiger partial charge in [0, 0.05) is 56.8 Å². The monoisotopic (exact) mass is 1050 g/mol. The summed E-state index contributed by atoms with van der Waals surface area (Å²) in [4.78, 5) is 93.3.